The number of nitrogens with one attached hydrogen (secondary N) is 4. The summed E-state index contributed by atoms with van der Waals surface area (Å²) in [7, 11) is 0. The lowest BCUT2D eigenvalue weighted by Crippen LogP contribution is -2.49. The van der Waals surface area contributed by atoms with Gasteiger partial charge in [-0.3, -0.25) is 24.9 Å². The molecular weight excluding hydrogens is 522 g/mol. The Kier molecular flexibility index (Phi) is 6.62. The first-order valence-electron chi connectivity index (χ1n) is 12.7. The van der Waals surface area contributed by atoms with Crippen molar-refractivity contribution < 1.29 is 23.9 Å². The number of anilines is 1. The third kappa shape index (κ3) is 4.80. The van der Waals surface area contributed by atoms with E-state index in [0.29, 0.717) is 89.3 Å². The molecule has 1 atom stereocenters. The van der Waals surface area contributed by atoms with Crippen LogP contribution in [0, 0.1) is 0 Å². The van der Waals surface area contributed by atoms with Crippen LogP contribution in [0.15, 0.2) is 30.3 Å². The number of morpholine rings is 1. The number of hydrogen-bond donors (Lipinski definition) is 4. The fraction of sp³-hybridized carbons (Fsp3) is 0.346. The van der Waals surface area contributed by atoms with Gasteiger partial charge in [-0.15, -0.1) is 11.3 Å². The fourth-order valence-electron chi connectivity index (χ4n) is 5.23. The number of thiophene rings is 1. The fourth-order valence-corrected chi connectivity index (χ4v) is 6.20. The van der Waals surface area contributed by atoms with Crippen LogP contribution in [0.3, 0.4) is 0 Å². The third-order valence-electron chi connectivity index (χ3n) is 7.01. The molecular formula is C26H27N7O5S. The van der Waals surface area contributed by atoms with Crippen molar-refractivity contribution in [2.45, 2.75) is 19.4 Å². The largest absolute Gasteiger partial charge is 0.379 e. The maximum absolute atomic E-state index is 13.6. The van der Waals surface area contributed by atoms with Gasteiger partial charge in [-0.1, -0.05) is 12.1 Å². The molecule has 0 bridgehead atoms. The highest BCUT2D eigenvalue weighted by atomic mass is 32.1. The molecule has 202 valence electrons. The number of carbonyl (C=O) groups excluding carboxylic acids is 4. The first kappa shape index (κ1) is 25.2. The van der Waals surface area contributed by atoms with Gasteiger partial charge in [-0.05, 0) is 24.6 Å². The van der Waals surface area contributed by atoms with Gasteiger partial charge in [0.2, 0.25) is 5.91 Å². The molecule has 4 amide bonds. The standard InChI is InChI=1S/C26H27N7O5S/c1-14(34)27-15-7-8-32(13-15)25(36)19-6-5-18(39-19)23-21-22(29-30-23)16-3-2-4-17(20(16)24(21)35)28-26(37)31-33-9-11-38-12-10-33/h2-6,15H,7-13H2,1H3,(H,27,34)(H,29,30)(H2,28,31,37)/t15-/m0/s1. The number of nitrogens with zero attached hydrogens (tertiary/aromatic N) is 3. The highest BCUT2D eigenvalue weighted by Gasteiger charge is 2.36. The van der Waals surface area contributed by atoms with Crippen LogP contribution >= 0.6 is 11.3 Å². The molecule has 0 unspecified atom stereocenters. The van der Waals surface area contributed by atoms with Crippen LogP contribution in [0.1, 0.15) is 38.9 Å². The van der Waals surface area contributed by atoms with Crippen molar-refractivity contribution >= 4 is 40.7 Å². The van der Waals surface area contributed by atoms with Gasteiger partial charge in [0.1, 0.15) is 5.69 Å². The van der Waals surface area contributed by atoms with E-state index in [0.717, 1.165) is 0 Å². The van der Waals surface area contributed by atoms with Crippen molar-refractivity contribution in [3.8, 4) is 21.8 Å². The summed E-state index contributed by atoms with van der Waals surface area (Å²) < 4.78 is 5.30. The molecule has 3 aromatic rings. The number of fused-ring (bicyclic) bond motifs is 3. The van der Waals surface area contributed by atoms with Crippen molar-refractivity contribution in [1.82, 2.24) is 30.8 Å². The minimum atomic E-state index is -0.434. The van der Waals surface area contributed by atoms with Crippen LogP contribution in [-0.2, 0) is 9.53 Å². The summed E-state index contributed by atoms with van der Waals surface area (Å²) in [6.07, 6.45) is 0.712. The maximum atomic E-state index is 13.6. The van der Waals surface area contributed by atoms with Gasteiger partial charge in [-0.25, -0.2) is 9.80 Å². The van der Waals surface area contributed by atoms with Crippen LogP contribution in [0.25, 0.3) is 21.8 Å². The highest BCUT2D eigenvalue weighted by molar-refractivity contribution is 7.17. The van der Waals surface area contributed by atoms with Crippen LogP contribution in [0.2, 0.25) is 0 Å². The van der Waals surface area contributed by atoms with E-state index in [2.05, 4.69) is 26.3 Å². The van der Waals surface area contributed by atoms with E-state index in [1.54, 1.807) is 34.2 Å². The van der Waals surface area contributed by atoms with Crippen molar-refractivity contribution in [3.05, 3.63) is 46.3 Å². The second kappa shape index (κ2) is 10.2. The second-order valence-corrected chi connectivity index (χ2v) is 10.7. The van der Waals surface area contributed by atoms with E-state index in [1.807, 2.05) is 6.07 Å². The Hall–Kier alpha value is -4.07. The topological polar surface area (TPSA) is 149 Å². The summed E-state index contributed by atoms with van der Waals surface area (Å²) in [5.41, 5.74) is 5.72. The molecule has 13 heteroatoms. The van der Waals surface area contributed by atoms with Crippen LogP contribution in [-0.4, -0.2) is 89.2 Å². The highest BCUT2D eigenvalue weighted by Crippen LogP contribution is 2.44. The Morgan fingerprint density at radius 2 is 1.92 bits per heavy atom. The number of aromatic nitrogens is 2. The predicted molar refractivity (Wildman–Crippen MR) is 143 cm³/mol. The lowest BCUT2D eigenvalue weighted by atomic mass is 10.1. The number of hydrazine groups is 1. The van der Waals surface area contributed by atoms with E-state index in [-0.39, 0.29) is 23.6 Å². The number of aromatic amines is 1. The lowest BCUT2D eigenvalue weighted by Gasteiger charge is -2.27. The smallest absolute Gasteiger partial charge is 0.333 e. The normalized spacial score (nSPS) is 18.5. The summed E-state index contributed by atoms with van der Waals surface area (Å²) >= 11 is 1.27. The third-order valence-corrected chi connectivity index (χ3v) is 8.09. The number of likely N-dealkylation sites (tertiary alicyclic amines) is 1. The molecule has 1 aromatic carbocycles. The van der Waals surface area contributed by atoms with Crippen molar-refractivity contribution in [2.75, 3.05) is 44.7 Å². The Balaban J connectivity index is 1.20. The van der Waals surface area contributed by atoms with Crippen LogP contribution < -0.4 is 16.1 Å². The maximum Gasteiger partial charge on any atom is 0.333 e. The molecule has 0 spiro atoms. The van der Waals surface area contributed by atoms with Crippen LogP contribution in [0.4, 0.5) is 10.5 Å². The van der Waals surface area contributed by atoms with Gasteiger partial charge in [-0.2, -0.15) is 5.10 Å². The second-order valence-electron chi connectivity index (χ2n) is 9.65. The molecule has 2 fully saturated rings. The quantitative estimate of drug-likeness (QED) is 0.298. The molecule has 3 aliphatic rings. The zero-order valence-corrected chi connectivity index (χ0v) is 22.0. The van der Waals surface area contributed by atoms with Crippen LogP contribution in [0.5, 0.6) is 0 Å². The SMILES string of the molecule is CC(=O)N[C@H]1CCN(C(=O)c2ccc(-c3n[nH]c4c3C(=O)c3c(NC(=O)NN5CCOCC5)cccc3-4)s2)C1. The minimum Gasteiger partial charge on any atom is -0.379 e. The lowest BCUT2D eigenvalue weighted by molar-refractivity contribution is -0.119. The number of ether oxygens (including phenoxy) is 1. The Labute approximate surface area is 227 Å². The van der Waals surface area contributed by atoms with Crippen molar-refractivity contribution in [2.24, 2.45) is 0 Å². The molecule has 2 aromatic heterocycles. The summed E-state index contributed by atoms with van der Waals surface area (Å²) in [6, 6.07) is 8.34. The van der Waals surface area contributed by atoms with Gasteiger partial charge in [0.05, 0.1) is 45.5 Å². The molecule has 6 rings (SSSR count). The molecule has 0 saturated carbocycles. The van der Waals surface area contributed by atoms with Gasteiger partial charge in [0.25, 0.3) is 5.91 Å². The molecule has 1 aliphatic carbocycles. The monoisotopic (exact) mass is 549 g/mol. The molecule has 0 radical (unpaired) electrons. The summed E-state index contributed by atoms with van der Waals surface area (Å²) in [5, 5.41) is 14.8. The number of amides is 4. The van der Waals surface area contributed by atoms with Gasteiger partial charge in [0, 0.05) is 44.7 Å². The Morgan fingerprint density at radius 1 is 1.10 bits per heavy atom. The van der Waals surface area contributed by atoms with E-state index >= 15 is 0 Å². The molecule has 2 saturated heterocycles. The minimum absolute atomic E-state index is 0.0459. The molecule has 2 aliphatic heterocycles. The molecule has 4 N–H and O–H groups in total. The van der Waals surface area contributed by atoms with E-state index in [1.165, 1.54) is 18.3 Å². The van der Waals surface area contributed by atoms with E-state index in [9.17, 15) is 19.2 Å². The number of ketones is 1. The number of rotatable bonds is 5. The summed E-state index contributed by atoms with van der Waals surface area (Å²) in [4.78, 5) is 53.7. The number of carbonyl (C=O) groups is 4. The first-order chi connectivity index (χ1) is 18.9. The number of benzene rings is 1. The van der Waals surface area contributed by atoms with Gasteiger partial charge in [0.15, 0.2) is 5.78 Å². The summed E-state index contributed by atoms with van der Waals surface area (Å²) in [6.45, 7) is 4.74. The van der Waals surface area contributed by atoms with Gasteiger partial charge >= 0.3 is 6.03 Å². The average molecular weight is 550 g/mol. The Morgan fingerprint density at radius 3 is 2.72 bits per heavy atom. The van der Waals surface area contributed by atoms with Crippen molar-refractivity contribution in [1.29, 1.82) is 0 Å². The number of urea groups is 1. The molecule has 12 nitrogen and oxygen atoms in total. The summed E-state index contributed by atoms with van der Waals surface area (Å²) in [5.74, 6) is -0.467. The zero-order chi connectivity index (χ0) is 27.1. The zero-order valence-electron chi connectivity index (χ0n) is 21.2. The Bertz CT molecular complexity index is 1470. The van der Waals surface area contributed by atoms with E-state index in [4.69, 9.17) is 4.74 Å². The number of H-pyrrole nitrogens is 1. The molecule has 4 heterocycles. The predicted octanol–water partition coefficient (Wildman–Crippen LogP) is 2.07. The average Bonchev–Trinajstić information content (AvgIpc) is 3.70. The number of hydrogen-bond acceptors (Lipinski definition) is 8. The van der Waals surface area contributed by atoms with Gasteiger partial charge < -0.3 is 20.3 Å². The van der Waals surface area contributed by atoms with E-state index < -0.39 is 6.03 Å². The van der Waals surface area contributed by atoms with Crippen molar-refractivity contribution in [3.63, 3.8) is 0 Å². The molecule has 39 heavy (non-hydrogen) atoms. The first-order valence-corrected chi connectivity index (χ1v) is 13.5.